The maximum atomic E-state index is 12.3. The molecule has 0 saturated carbocycles. The first-order valence-corrected chi connectivity index (χ1v) is 8.15. The molecule has 0 aliphatic carbocycles. The largest absolute Gasteiger partial charge is 0.403 e. The summed E-state index contributed by atoms with van der Waals surface area (Å²) >= 11 is 0. The normalized spacial score (nSPS) is 11.2. The summed E-state index contributed by atoms with van der Waals surface area (Å²) in [5.41, 5.74) is 0.989. The van der Waals surface area contributed by atoms with Crippen molar-refractivity contribution in [3.05, 3.63) is 81.5 Å². The Morgan fingerprint density at radius 3 is 2.38 bits per heavy atom. The molecule has 0 saturated heterocycles. The summed E-state index contributed by atoms with van der Waals surface area (Å²) in [6.07, 6.45) is 7.77. The number of hydrogen-bond donors (Lipinski definition) is 1. The lowest BCUT2D eigenvalue weighted by Gasteiger charge is -1.98. The number of nitrogens with one attached hydrogen (secondary N) is 1. The van der Waals surface area contributed by atoms with Crippen LogP contribution in [0.1, 0.15) is 5.56 Å². The topological polar surface area (TPSA) is 80.4 Å². The molecule has 0 aromatic carbocycles. The van der Waals surface area contributed by atoms with Crippen molar-refractivity contribution in [2.75, 3.05) is 0 Å². The van der Waals surface area contributed by atoms with Gasteiger partial charge in [0.25, 0.3) is 11.2 Å². The number of fused-ring (bicyclic) bond motifs is 1. The van der Waals surface area contributed by atoms with Gasteiger partial charge in [0, 0.05) is 31.8 Å². The lowest BCUT2D eigenvalue weighted by Crippen LogP contribution is -2.36. The highest BCUT2D eigenvalue weighted by molar-refractivity contribution is 5.70. The Kier molecular flexibility index (Phi) is 3.72. The summed E-state index contributed by atoms with van der Waals surface area (Å²) in [7, 11) is 3.05. The third-order valence-electron chi connectivity index (χ3n) is 4.37. The van der Waals surface area contributed by atoms with Crippen LogP contribution in [-0.2, 0) is 20.6 Å². The van der Waals surface area contributed by atoms with E-state index in [-0.39, 0.29) is 5.56 Å². The molecule has 0 atom stereocenters. The summed E-state index contributed by atoms with van der Waals surface area (Å²) in [5.74, 6) is 0.484. The van der Waals surface area contributed by atoms with Gasteiger partial charge in [-0.1, -0.05) is 6.07 Å². The summed E-state index contributed by atoms with van der Waals surface area (Å²) in [5, 5.41) is 0. The molecule has 1 N–H and O–H groups in total. The van der Waals surface area contributed by atoms with E-state index < -0.39 is 5.69 Å². The van der Waals surface area contributed by atoms with Crippen molar-refractivity contribution >= 4 is 11.2 Å². The highest BCUT2D eigenvalue weighted by Crippen LogP contribution is 2.04. The fraction of sp³-hybridized carbons (Fsp3) is 0.167. The van der Waals surface area contributed by atoms with Crippen LogP contribution >= 0.6 is 0 Å². The van der Waals surface area contributed by atoms with E-state index in [1.165, 1.54) is 11.6 Å². The monoisotopic (exact) mass is 350 g/mol. The van der Waals surface area contributed by atoms with Crippen LogP contribution in [0.3, 0.4) is 0 Å². The van der Waals surface area contributed by atoms with E-state index >= 15 is 0 Å². The number of aromatic amines is 1. The molecule has 4 aromatic rings. The van der Waals surface area contributed by atoms with Crippen molar-refractivity contribution in [3.8, 4) is 5.95 Å². The standard InChI is InChI=1S/C18H17N6O2/c1-21-15-14(16(25)22(2)18(21)26)19-17(20-15)24-10-6-13(7-11-24)12-23-8-4-3-5-9-23/h3-11H,12H2,1-2H3/q+1/p+1. The van der Waals surface area contributed by atoms with E-state index in [2.05, 4.69) is 14.5 Å². The van der Waals surface area contributed by atoms with Gasteiger partial charge in [-0.05, 0) is 17.1 Å². The van der Waals surface area contributed by atoms with Gasteiger partial charge in [0.05, 0.1) is 12.4 Å². The second-order valence-electron chi connectivity index (χ2n) is 6.13. The molecule has 0 radical (unpaired) electrons. The lowest BCUT2D eigenvalue weighted by molar-refractivity contribution is -0.688. The molecular formula is C18H18N6O2+2. The fourth-order valence-corrected chi connectivity index (χ4v) is 2.89. The number of nitrogens with zero attached hydrogens (tertiary/aromatic N) is 5. The highest BCUT2D eigenvalue weighted by Gasteiger charge is 2.21. The van der Waals surface area contributed by atoms with Crippen molar-refractivity contribution < 1.29 is 9.13 Å². The van der Waals surface area contributed by atoms with Gasteiger partial charge in [-0.25, -0.2) is 18.9 Å². The number of H-pyrrole nitrogens is 1. The van der Waals surface area contributed by atoms with Crippen molar-refractivity contribution in [2.45, 2.75) is 6.54 Å². The molecule has 8 nitrogen and oxygen atoms in total. The van der Waals surface area contributed by atoms with Crippen molar-refractivity contribution in [3.63, 3.8) is 0 Å². The van der Waals surface area contributed by atoms with Crippen molar-refractivity contribution in [1.82, 2.24) is 19.1 Å². The SMILES string of the molecule is Cn1c(=O)c2[nH]c(-[n+]3ccc(C[n+]4ccccc4)cc3)nc2n(C)c1=O. The lowest BCUT2D eigenvalue weighted by atomic mass is 10.2. The summed E-state index contributed by atoms with van der Waals surface area (Å²) in [4.78, 5) is 31.7. The average molecular weight is 350 g/mol. The Morgan fingerprint density at radius 1 is 1.00 bits per heavy atom. The quantitative estimate of drug-likeness (QED) is 0.509. The first-order valence-electron chi connectivity index (χ1n) is 8.15. The molecule has 4 heterocycles. The zero-order valence-electron chi connectivity index (χ0n) is 14.5. The van der Waals surface area contributed by atoms with Crippen molar-refractivity contribution in [2.24, 2.45) is 14.1 Å². The van der Waals surface area contributed by atoms with E-state index in [4.69, 9.17) is 0 Å². The fourth-order valence-electron chi connectivity index (χ4n) is 2.89. The van der Waals surface area contributed by atoms with Crippen LogP contribution in [0.2, 0.25) is 0 Å². The highest BCUT2D eigenvalue weighted by atomic mass is 16.2. The molecule has 0 aliphatic rings. The van der Waals surface area contributed by atoms with Crippen LogP contribution in [0.5, 0.6) is 0 Å². The molecule has 4 aromatic heterocycles. The number of imidazole rings is 1. The molecule has 0 aliphatic heterocycles. The number of aryl methyl sites for hydroxylation is 1. The van der Waals surface area contributed by atoms with E-state index in [0.29, 0.717) is 17.1 Å². The Hall–Kier alpha value is -3.55. The maximum Gasteiger partial charge on any atom is 0.403 e. The van der Waals surface area contributed by atoms with E-state index in [1.54, 1.807) is 11.6 Å². The second kappa shape index (κ2) is 6.07. The minimum atomic E-state index is -0.402. The molecule has 0 spiro atoms. The molecule has 4 rings (SSSR count). The molecule has 0 bridgehead atoms. The first-order chi connectivity index (χ1) is 12.5. The molecule has 26 heavy (non-hydrogen) atoms. The van der Waals surface area contributed by atoms with Crippen LogP contribution in [0.25, 0.3) is 17.1 Å². The first kappa shape index (κ1) is 15.9. The van der Waals surface area contributed by atoms with Gasteiger partial charge in [-0.3, -0.25) is 13.9 Å². The van der Waals surface area contributed by atoms with Gasteiger partial charge in [-0.2, -0.15) is 0 Å². The number of pyridine rings is 2. The van der Waals surface area contributed by atoms with E-state index in [0.717, 1.165) is 16.7 Å². The Balaban J connectivity index is 1.72. The van der Waals surface area contributed by atoms with Crippen LogP contribution in [0.4, 0.5) is 0 Å². The number of hydrogen-bond acceptors (Lipinski definition) is 3. The van der Waals surface area contributed by atoms with Gasteiger partial charge in [0.15, 0.2) is 18.9 Å². The summed E-state index contributed by atoms with van der Waals surface area (Å²) < 4.78 is 6.29. The summed E-state index contributed by atoms with van der Waals surface area (Å²) in [6.45, 7) is 0.761. The average Bonchev–Trinajstić information content (AvgIpc) is 3.12. The van der Waals surface area contributed by atoms with Gasteiger partial charge >= 0.3 is 11.6 Å². The third-order valence-corrected chi connectivity index (χ3v) is 4.37. The summed E-state index contributed by atoms with van der Waals surface area (Å²) in [6, 6.07) is 9.94. The minimum absolute atomic E-state index is 0.306. The maximum absolute atomic E-state index is 12.3. The van der Waals surface area contributed by atoms with Crippen molar-refractivity contribution in [1.29, 1.82) is 0 Å². The van der Waals surface area contributed by atoms with E-state index in [1.807, 2.05) is 55.1 Å². The molecule has 0 amide bonds. The Bertz CT molecular complexity index is 1200. The minimum Gasteiger partial charge on any atom is -0.265 e. The molecule has 0 unspecified atom stereocenters. The molecule has 0 fully saturated rings. The van der Waals surface area contributed by atoms with Gasteiger partial charge in [0.2, 0.25) is 5.52 Å². The Labute approximate surface area is 148 Å². The van der Waals surface area contributed by atoms with Gasteiger partial charge in [0.1, 0.15) is 0 Å². The zero-order chi connectivity index (χ0) is 18.3. The van der Waals surface area contributed by atoms with Gasteiger partial charge in [-0.15, -0.1) is 0 Å². The predicted octanol–water partition coefficient (Wildman–Crippen LogP) is -0.427. The van der Waals surface area contributed by atoms with Crippen LogP contribution in [-0.4, -0.2) is 19.1 Å². The Morgan fingerprint density at radius 2 is 1.69 bits per heavy atom. The van der Waals surface area contributed by atoms with Crippen LogP contribution in [0, 0.1) is 0 Å². The predicted molar refractivity (Wildman–Crippen MR) is 93.8 cm³/mol. The number of aromatic nitrogens is 6. The van der Waals surface area contributed by atoms with Crippen LogP contribution in [0.15, 0.2) is 64.7 Å². The van der Waals surface area contributed by atoms with Gasteiger partial charge < -0.3 is 0 Å². The van der Waals surface area contributed by atoms with E-state index in [9.17, 15) is 9.59 Å². The molecular weight excluding hydrogens is 332 g/mol. The second-order valence-corrected chi connectivity index (χ2v) is 6.13. The third kappa shape index (κ3) is 2.61. The van der Waals surface area contributed by atoms with Crippen LogP contribution < -0.4 is 20.4 Å². The molecule has 130 valence electrons. The zero-order valence-corrected chi connectivity index (χ0v) is 14.5. The number of rotatable bonds is 3. The smallest absolute Gasteiger partial charge is 0.265 e. The molecule has 8 heteroatoms.